The Bertz CT molecular complexity index is 475. The molecule has 100 valence electrons. The molecule has 0 fully saturated rings. The van der Waals surface area contributed by atoms with Crippen molar-refractivity contribution in [1.82, 2.24) is 0 Å². The monoisotopic (exact) mass is 286 g/mol. The van der Waals surface area contributed by atoms with E-state index in [4.69, 9.17) is 25.4 Å². The highest BCUT2D eigenvalue weighted by Crippen LogP contribution is 2.54. The van der Waals surface area contributed by atoms with E-state index < -0.39 is 6.72 Å². The number of hydrogen-bond donors (Lipinski definition) is 0. The average molecular weight is 286 g/mol. The molecule has 1 aliphatic rings. The van der Waals surface area contributed by atoms with Gasteiger partial charge >= 0.3 is 6.72 Å². The second-order valence-electron chi connectivity index (χ2n) is 4.41. The van der Waals surface area contributed by atoms with Crippen LogP contribution in [0.5, 0.6) is 5.75 Å². The van der Waals surface area contributed by atoms with Crippen LogP contribution in [-0.4, -0.2) is 6.61 Å². The predicted octanol–water partition coefficient (Wildman–Crippen LogP) is 4.37. The van der Waals surface area contributed by atoms with Crippen LogP contribution in [0.15, 0.2) is 18.2 Å². The lowest BCUT2D eigenvalue weighted by atomic mass is 9.97. The van der Waals surface area contributed by atoms with Crippen molar-refractivity contribution in [3.63, 3.8) is 0 Å². The fourth-order valence-corrected chi connectivity index (χ4v) is 3.79. The molecular weight excluding hydrogens is 267 g/mol. The third kappa shape index (κ3) is 2.94. The molecule has 2 atom stereocenters. The second kappa shape index (κ2) is 5.70. The molecule has 0 aliphatic carbocycles. The van der Waals surface area contributed by atoms with Gasteiger partial charge in [-0.1, -0.05) is 19.9 Å². The van der Waals surface area contributed by atoms with Crippen LogP contribution >= 0.6 is 6.72 Å². The molecular formula is C13H19O3PS. The number of rotatable bonds is 4. The molecule has 2 rings (SSSR count). The lowest BCUT2D eigenvalue weighted by Gasteiger charge is -2.28. The summed E-state index contributed by atoms with van der Waals surface area (Å²) < 4.78 is 16.7. The van der Waals surface area contributed by atoms with E-state index in [-0.39, 0.29) is 0 Å². The lowest BCUT2D eigenvalue weighted by Crippen LogP contribution is -2.10. The number of fused-ring (bicyclic) bond motifs is 1. The van der Waals surface area contributed by atoms with E-state index in [2.05, 4.69) is 26.0 Å². The van der Waals surface area contributed by atoms with Gasteiger partial charge in [0.05, 0.1) is 13.2 Å². The molecule has 1 heterocycles. The van der Waals surface area contributed by atoms with E-state index in [1.165, 1.54) is 5.56 Å². The summed E-state index contributed by atoms with van der Waals surface area (Å²) in [5.41, 5.74) is 2.38. The van der Waals surface area contributed by atoms with Crippen LogP contribution in [0.25, 0.3) is 0 Å². The molecule has 18 heavy (non-hydrogen) atoms. The molecule has 0 aromatic heterocycles. The van der Waals surface area contributed by atoms with Crippen molar-refractivity contribution in [2.45, 2.75) is 39.7 Å². The zero-order valence-corrected chi connectivity index (χ0v) is 12.7. The van der Waals surface area contributed by atoms with Gasteiger partial charge in [0.2, 0.25) is 0 Å². The SMILES string of the molecule is CCOP1(=S)OCc2cc(C(C)CC)ccc2O1. The smallest absolute Gasteiger partial charge is 0.380 e. The minimum Gasteiger partial charge on any atom is -0.424 e. The van der Waals surface area contributed by atoms with Gasteiger partial charge in [0, 0.05) is 17.4 Å². The predicted molar refractivity (Wildman–Crippen MR) is 76.5 cm³/mol. The molecule has 0 amide bonds. The van der Waals surface area contributed by atoms with Crippen LogP contribution in [0.4, 0.5) is 0 Å². The molecule has 2 unspecified atom stereocenters. The Hall–Kier alpha value is -0.410. The zero-order valence-electron chi connectivity index (χ0n) is 11.0. The van der Waals surface area contributed by atoms with E-state index in [0.29, 0.717) is 19.1 Å². The summed E-state index contributed by atoms with van der Waals surface area (Å²) in [7, 11) is 0. The van der Waals surface area contributed by atoms with Gasteiger partial charge in [0.1, 0.15) is 5.75 Å². The maximum atomic E-state index is 5.71. The summed E-state index contributed by atoms with van der Waals surface area (Å²) in [4.78, 5) is 0. The lowest BCUT2D eigenvalue weighted by molar-refractivity contribution is 0.185. The van der Waals surface area contributed by atoms with Gasteiger partial charge in [0.15, 0.2) is 0 Å². The van der Waals surface area contributed by atoms with E-state index in [1.54, 1.807) is 0 Å². The maximum Gasteiger partial charge on any atom is 0.380 e. The summed E-state index contributed by atoms with van der Waals surface area (Å²) in [5, 5.41) is 0. The van der Waals surface area contributed by atoms with E-state index >= 15 is 0 Å². The van der Waals surface area contributed by atoms with Gasteiger partial charge in [-0.25, -0.2) is 0 Å². The Kier molecular flexibility index (Phi) is 4.44. The molecule has 1 aromatic rings. The molecule has 1 aliphatic heterocycles. The summed E-state index contributed by atoms with van der Waals surface area (Å²) in [6.07, 6.45) is 1.12. The van der Waals surface area contributed by atoms with Crippen molar-refractivity contribution in [1.29, 1.82) is 0 Å². The Balaban J connectivity index is 2.23. The first-order valence-electron chi connectivity index (χ1n) is 6.29. The molecule has 0 N–H and O–H groups in total. The van der Waals surface area contributed by atoms with Gasteiger partial charge in [0.25, 0.3) is 0 Å². The van der Waals surface area contributed by atoms with E-state index in [9.17, 15) is 0 Å². The van der Waals surface area contributed by atoms with Crippen LogP contribution in [0.3, 0.4) is 0 Å². The van der Waals surface area contributed by atoms with Crippen molar-refractivity contribution >= 4 is 18.5 Å². The molecule has 3 nitrogen and oxygen atoms in total. The Morgan fingerprint density at radius 3 is 2.89 bits per heavy atom. The van der Waals surface area contributed by atoms with Crippen LogP contribution < -0.4 is 4.52 Å². The van der Waals surface area contributed by atoms with Gasteiger partial charge in [-0.2, -0.15) is 0 Å². The first-order chi connectivity index (χ1) is 8.58. The van der Waals surface area contributed by atoms with Crippen LogP contribution in [0.1, 0.15) is 44.2 Å². The van der Waals surface area contributed by atoms with Crippen LogP contribution in [0.2, 0.25) is 0 Å². The second-order valence-corrected chi connectivity index (χ2v) is 7.34. The number of benzene rings is 1. The molecule has 1 aromatic carbocycles. The first-order valence-corrected chi connectivity index (χ1v) is 8.85. The molecule has 0 saturated carbocycles. The Morgan fingerprint density at radius 1 is 1.44 bits per heavy atom. The standard InChI is InChI=1S/C13H19O3PS/c1-4-10(3)11-6-7-13-12(8-11)9-15-17(18,16-13)14-5-2/h6-8,10H,4-5,9H2,1-3H3. The third-order valence-electron chi connectivity index (χ3n) is 3.14. The Morgan fingerprint density at radius 2 is 2.22 bits per heavy atom. The summed E-state index contributed by atoms with van der Waals surface area (Å²) in [6, 6.07) is 6.23. The quantitative estimate of drug-likeness (QED) is 0.768. The van der Waals surface area contributed by atoms with E-state index in [0.717, 1.165) is 17.7 Å². The van der Waals surface area contributed by atoms with Crippen molar-refractivity contribution in [3.8, 4) is 5.75 Å². The van der Waals surface area contributed by atoms with Gasteiger partial charge in [-0.05, 0) is 37.0 Å². The molecule has 0 spiro atoms. The van der Waals surface area contributed by atoms with Crippen molar-refractivity contribution < 1.29 is 13.6 Å². The maximum absolute atomic E-state index is 5.71. The number of hydrogen-bond acceptors (Lipinski definition) is 4. The highest BCUT2D eigenvalue weighted by atomic mass is 32.5. The van der Waals surface area contributed by atoms with Crippen molar-refractivity contribution in [2.24, 2.45) is 0 Å². The van der Waals surface area contributed by atoms with Gasteiger partial charge in [-0.15, -0.1) is 0 Å². The highest BCUT2D eigenvalue weighted by molar-refractivity contribution is 8.07. The minimum atomic E-state index is -2.56. The van der Waals surface area contributed by atoms with Crippen molar-refractivity contribution in [3.05, 3.63) is 29.3 Å². The average Bonchev–Trinajstić information content (AvgIpc) is 2.37. The van der Waals surface area contributed by atoms with Crippen molar-refractivity contribution in [2.75, 3.05) is 6.61 Å². The highest BCUT2D eigenvalue weighted by Gasteiger charge is 2.28. The Labute approximate surface area is 114 Å². The summed E-state index contributed by atoms with van der Waals surface area (Å²) in [5.74, 6) is 1.36. The fraction of sp³-hybridized carbons (Fsp3) is 0.538. The topological polar surface area (TPSA) is 27.7 Å². The molecule has 0 radical (unpaired) electrons. The summed E-state index contributed by atoms with van der Waals surface area (Å²) >= 11 is 5.28. The third-order valence-corrected chi connectivity index (χ3v) is 5.44. The van der Waals surface area contributed by atoms with Gasteiger partial charge < -0.3 is 4.52 Å². The van der Waals surface area contributed by atoms with Gasteiger partial charge in [-0.3, -0.25) is 9.05 Å². The molecule has 0 bridgehead atoms. The molecule has 5 heteroatoms. The largest absolute Gasteiger partial charge is 0.424 e. The van der Waals surface area contributed by atoms with Crippen LogP contribution in [-0.2, 0) is 27.5 Å². The van der Waals surface area contributed by atoms with Crippen LogP contribution in [0, 0.1) is 0 Å². The first kappa shape index (κ1) is 14.0. The summed E-state index contributed by atoms with van der Waals surface area (Å²) in [6.45, 7) is 4.73. The normalized spacial score (nSPS) is 24.2. The minimum absolute atomic E-state index is 0.483. The van der Waals surface area contributed by atoms with E-state index in [1.807, 2.05) is 13.0 Å². The molecule has 0 saturated heterocycles. The zero-order chi connectivity index (χ0) is 13.2. The fourth-order valence-electron chi connectivity index (χ4n) is 1.86.